The molecule has 2 heterocycles. The molecule has 0 saturated heterocycles. The molecule has 0 saturated carbocycles. The summed E-state index contributed by atoms with van der Waals surface area (Å²) >= 11 is 2.89. The van der Waals surface area contributed by atoms with E-state index in [-0.39, 0.29) is 11.9 Å². The fourth-order valence-electron chi connectivity index (χ4n) is 2.02. The number of carbonyl (C=O) groups is 1. The number of methoxy groups -OCH3 is 1. The number of aromatic nitrogens is 2. The highest BCUT2D eigenvalue weighted by Crippen LogP contribution is 2.27. The first-order valence-electron chi connectivity index (χ1n) is 6.98. The summed E-state index contributed by atoms with van der Waals surface area (Å²) in [4.78, 5) is 21.4. The lowest BCUT2D eigenvalue weighted by atomic mass is 10.2. The molecule has 5 nitrogen and oxygen atoms in total. The lowest BCUT2D eigenvalue weighted by molar-refractivity contribution is 0.0943. The van der Waals surface area contributed by atoms with E-state index < -0.39 is 0 Å². The standard InChI is InChI=1S/C16H15N3O2S2/c1-10(15-17-7-8-22-15)19-14(20)13-9-18-16(23-13)11-3-5-12(21-2)6-4-11/h3-10H,1-2H3,(H,19,20)/t10-/m1/s1. The number of hydrogen-bond acceptors (Lipinski definition) is 6. The minimum Gasteiger partial charge on any atom is -0.497 e. The van der Waals surface area contributed by atoms with Crippen molar-refractivity contribution in [2.45, 2.75) is 13.0 Å². The summed E-state index contributed by atoms with van der Waals surface area (Å²) in [6, 6.07) is 7.49. The second kappa shape index (κ2) is 6.89. The van der Waals surface area contributed by atoms with Crippen molar-refractivity contribution in [3.8, 4) is 16.3 Å². The number of carbonyl (C=O) groups excluding carboxylic acids is 1. The van der Waals surface area contributed by atoms with E-state index in [0.29, 0.717) is 4.88 Å². The number of nitrogens with zero attached hydrogens (tertiary/aromatic N) is 2. The van der Waals surface area contributed by atoms with E-state index in [0.717, 1.165) is 21.3 Å². The van der Waals surface area contributed by atoms with Crippen LogP contribution in [0.2, 0.25) is 0 Å². The van der Waals surface area contributed by atoms with Gasteiger partial charge < -0.3 is 10.1 Å². The van der Waals surface area contributed by atoms with Crippen molar-refractivity contribution in [3.63, 3.8) is 0 Å². The number of hydrogen-bond donors (Lipinski definition) is 1. The Morgan fingerprint density at radius 2 is 2.04 bits per heavy atom. The largest absolute Gasteiger partial charge is 0.497 e. The average molecular weight is 345 g/mol. The summed E-state index contributed by atoms with van der Waals surface area (Å²) in [5.74, 6) is 0.658. The third-order valence-corrected chi connectivity index (χ3v) is 5.24. The van der Waals surface area contributed by atoms with Gasteiger partial charge in [0.15, 0.2) is 0 Å². The van der Waals surface area contributed by atoms with Crippen molar-refractivity contribution in [3.05, 3.63) is 51.9 Å². The maximum atomic E-state index is 12.3. The van der Waals surface area contributed by atoms with Crippen molar-refractivity contribution < 1.29 is 9.53 Å². The number of amides is 1. The lowest BCUT2D eigenvalue weighted by Gasteiger charge is -2.09. The van der Waals surface area contributed by atoms with E-state index in [1.54, 1.807) is 19.5 Å². The first-order chi connectivity index (χ1) is 11.2. The third kappa shape index (κ3) is 3.57. The highest BCUT2D eigenvalue weighted by atomic mass is 32.1. The summed E-state index contributed by atoms with van der Waals surface area (Å²) in [5.41, 5.74) is 0.961. The second-order valence-electron chi connectivity index (χ2n) is 4.82. The van der Waals surface area contributed by atoms with Gasteiger partial charge in [-0.05, 0) is 31.2 Å². The molecular weight excluding hydrogens is 330 g/mol. The summed E-state index contributed by atoms with van der Waals surface area (Å²) < 4.78 is 5.14. The Bertz CT molecular complexity index is 782. The molecule has 0 radical (unpaired) electrons. The van der Waals surface area contributed by atoms with Crippen LogP contribution in [0.4, 0.5) is 0 Å². The number of thiazole rings is 2. The Labute approximate surface area is 142 Å². The maximum absolute atomic E-state index is 12.3. The molecule has 0 bridgehead atoms. The van der Waals surface area contributed by atoms with Gasteiger partial charge in [-0.15, -0.1) is 22.7 Å². The molecule has 0 unspecified atom stereocenters. The van der Waals surface area contributed by atoms with E-state index in [1.165, 1.54) is 22.7 Å². The molecule has 0 fully saturated rings. The van der Waals surface area contributed by atoms with E-state index in [2.05, 4.69) is 15.3 Å². The van der Waals surface area contributed by atoms with Gasteiger partial charge in [0.25, 0.3) is 5.91 Å². The molecule has 7 heteroatoms. The van der Waals surface area contributed by atoms with Gasteiger partial charge in [0.05, 0.1) is 19.3 Å². The van der Waals surface area contributed by atoms with Crippen LogP contribution in [0.5, 0.6) is 5.75 Å². The number of nitrogens with one attached hydrogen (secondary N) is 1. The van der Waals surface area contributed by atoms with Crippen molar-refractivity contribution >= 4 is 28.6 Å². The molecule has 3 aromatic rings. The van der Waals surface area contributed by atoms with Crippen LogP contribution in [0.1, 0.15) is 27.6 Å². The summed E-state index contributed by atoms with van der Waals surface area (Å²) in [7, 11) is 1.63. The molecule has 1 atom stereocenters. The molecule has 1 aromatic carbocycles. The third-order valence-electron chi connectivity index (χ3n) is 3.24. The molecule has 1 amide bonds. The molecule has 3 rings (SSSR count). The Morgan fingerprint density at radius 3 is 2.70 bits per heavy atom. The Morgan fingerprint density at radius 1 is 1.26 bits per heavy atom. The van der Waals surface area contributed by atoms with Crippen LogP contribution in [0, 0.1) is 0 Å². The van der Waals surface area contributed by atoms with Gasteiger partial charge in [0.1, 0.15) is 20.6 Å². The summed E-state index contributed by atoms with van der Waals surface area (Å²) in [6.07, 6.45) is 3.34. The van der Waals surface area contributed by atoms with Crippen LogP contribution < -0.4 is 10.1 Å². The molecular formula is C16H15N3O2S2. The molecule has 0 aliphatic rings. The van der Waals surface area contributed by atoms with E-state index in [4.69, 9.17) is 4.74 Å². The zero-order chi connectivity index (χ0) is 16.2. The van der Waals surface area contributed by atoms with Crippen LogP contribution in [0.15, 0.2) is 42.0 Å². The predicted octanol–water partition coefficient (Wildman–Crippen LogP) is 3.77. The molecule has 1 N–H and O–H groups in total. The smallest absolute Gasteiger partial charge is 0.263 e. The lowest BCUT2D eigenvalue weighted by Crippen LogP contribution is -2.25. The summed E-state index contributed by atoms with van der Waals surface area (Å²) in [6.45, 7) is 1.92. The molecule has 0 spiro atoms. The van der Waals surface area contributed by atoms with Gasteiger partial charge in [0.2, 0.25) is 0 Å². The van der Waals surface area contributed by atoms with Crippen LogP contribution >= 0.6 is 22.7 Å². The van der Waals surface area contributed by atoms with Crippen LogP contribution in [0.3, 0.4) is 0 Å². The van der Waals surface area contributed by atoms with Gasteiger partial charge in [-0.25, -0.2) is 9.97 Å². The quantitative estimate of drug-likeness (QED) is 0.764. The second-order valence-corrected chi connectivity index (χ2v) is 6.78. The molecule has 118 valence electrons. The number of rotatable bonds is 5. The van der Waals surface area contributed by atoms with Crippen LogP contribution in [-0.2, 0) is 0 Å². The monoisotopic (exact) mass is 345 g/mol. The van der Waals surface area contributed by atoms with Crippen LogP contribution in [-0.4, -0.2) is 23.0 Å². The first-order valence-corrected chi connectivity index (χ1v) is 8.67. The first kappa shape index (κ1) is 15.6. The number of benzene rings is 1. The highest BCUT2D eigenvalue weighted by Gasteiger charge is 2.16. The minimum absolute atomic E-state index is 0.117. The normalized spacial score (nSPS) is 11.9. The zero-order valence-corrected chi connectivity index (χ0v) is 14.3. The van der Waals surface area contributed by atoms with Crippen molar-refractivity contribution in [1.29, 1.82) is 0 Å². The van der Waals surface area contributed by atoms with Gasteiger partial charge in [-0.2, -0.15) is 0 Å². The van der Waals surface area contributed by atoms with Gasteiger partial charge in [0, 0.05) is 17.1 Å². The van der Waals surface area contributed by atoms with Crippen LogP contribution in [0.25, 0.3) is 10.6 Å². The average Bonchev–Trinajstić information content (AvgIpc) is 3.26. The fourth-order valence-corrected chi connectivity index (χ4v) is 3.49. The van der Waals surface area contributed by atoms with Gasteiger partial charge in [-0.1, -0.05) is 0 Å². The molecule has 0 aliphatic carbocycles. The van der Waals surface area contributed by atoms with E-state index in [9.17, 15) is 4.79 Å². The summed E-state index contributed by atoms with van der Waals surface area (Å²) in [5, 5.41) is 6.53. The van der Waals surface area contributed by atoms with Crippen molar-refractivity contribution in [2.75, 3.05) is 7.11 Å². The molecule has 2 aromatic heterocycles. The maximum Gasteiger partial charge on any atom is 0.263 e. The predicted molar refractivity (Wildman–Crippen MR) is 92.1 cm³/mol. The van der Waals surface area contributed by atoms with E-state index in [1.807, 2.05) is 36.6 Å². The Kier molecular flexibility index (Phi) is 4.68. The zero-order valence-electron chi connectivity index (χ0n) is 12.6. The SMILES string of the molecule is COc1ccc(-c2ncc(C(=O)N[C@H](C)c3nccs3)s2)cc1. The van der Waals surface area contributed by atoms with E-state index >= 15 is 0 Å². The highest BCUT2D eigenvalue weighted by molar-refractivity contribution is 7.16. The van der Waals surface area contributed by atoms with Gasteiger partial charge in [-0.3, -0.25) is 4.79 Å². The number of ether oxygens (including phenoxy) is 1. The van der Waals surface area contributed by atoms with Gasteiger partial charge >= 0.3 is 0 Å². The molecule has 23 heavy (non-hydrogen) atoms. The Balaban J connectivity index is 1.71. The fraction of sp³-hybridized carbons (Fsp3) is 0.188. The Hall–Kier alpha value is -2.25. The topological polar surface area (TPSA) is 64.1 Å². The van der Waals surface area contributed by atoms with Crippen molar-refractivity contribution in [2.24, 2.45) is 0 Å². The molecule has 0 aliphatic heterocycles. The van der Waals surface area contributed by atoms with Crippen molar-refractivity contribution in [1.82, 2.24) is 15.3 Å². The minimum atomic E-state index is -0.134.